The number of esters is 1. The average Bonchev–Trinajstić information content (AvgIpc) is 3.00. The van der Waals surface area contributed by atoms with E-state index < -0.39 is 16.6 Å². The van der Waals surface area contributed by atoms with Crippen molar-refractivity contribution in [3.8, 4) is 17.0 Å². The van der Waals surface area contributed by atoms with Crippen molar-refractivity contribution in [1.29, 1.82) is 0 Å². The molecule has 2 bridgehead atoms. The van der Waals surface area contributed by atoms with Crippen molar-refractivity contribution in [3.63, 3.8) is 0 Å². The molecule has 7 heteroatoms. The number of fused-ring (bicyclic) bond motifs is 4. The maximum Gasteiger partial charge on any atom is 0.312 e. The summed E-state index contributed by atoms with van der Waals surface area (Å²) in [6.07, 6.45) is 3.29. The van der Waals surface area contributed by atoms with Crippen molar-refractivity contribution < 1.29 is 19.1 Å². The van der Waals surface area contributed by atoms with Crippen LogP contribution in [0.5, 0.6) is 5.75 Å². The van der Waals surface area contributed by atoms with Crippen LogP contribution in [-0.4, -0.2) is 35.1 Å². The minimum Gasteiger partial charge on any atom is -0.497 e. The van der Waals surface area contributed by atoms with E-state index >= 15 is 0 Å². The number of methoxy groups -OCH3 is 1. The number of halogens is 1. The number of hydrogen-bond acceptors (Lipinski definition) is 5. The summed E-state index contributed by atoms with van der Waals surface area (Å²) >= 11 is 3.61. The Morgan fingerprint density at radius 2 is 1.68 bits per heavy atom. The normalized spacial score (nSPS) is 22.9. The lowest BCUT2D eigenvalue weighted by molar-refractivity contribution is -0.176. The van der Waals surface area contributed by atoms with E-state index in [4.69, 9.17) is 14.5 Å². The van der Waals surface area contributed by atoms with Crippen LogP contribution in [0.4, 0.5) is 0 Å². The Kier molecular flexibility index (Phi) is 7.81. The molecule has 0 aliphatic heterocycles. The first-order valence-corrected chi connectivity index (χ1v) is 16.1. The van der Waals surface area contributed by atoms with Gasteiger partial charge in [0.2, 0.25) is 0 Å². The van der Waals surface area contributed by atoms with Crippen LogP contribution < -0.4 is 10.1 Å². The molecule has 3 aliphatic rings. The third-order valence-electron chi connectivity index (χ3n) is 9.52. The molecule has 7 rings (SSSR count). The number of carbonyl (C=O) groups excluding carboxylic acids is 2. The number of benzene rings is 3. The molecule has 3 fully saturated rings. The van der Waals surface area contributed by atoms with Gasteiger partial charge in [-0.3, -0.25) is 9.59 Å². The molecule has 3 saturated carbocycles. The van der Waals surface area contributed by atoms with Crippen molar-refractivity contribution in [1.82, 2.24) is 10.3 Å². The van der Waals surface area contributed by atoms with Crippen molar-refractivity contribution in [2.45, 2.75) is 76.9 Å². The van der Waals surface area contributed by atoms with Gasteiger partial charge in [0, 0.05) is 26.9 Å². The van der Waals surface area contributed by atoms with Gasteiger partial charge in [0.15, 0.2) is 0 Å². The molecular formula is C37H39BrN2O4. The largest absolute Gasteiger partial charge is 0.497 e. The van der Waals surface area contributed by atoms with E-state index in [-0.39, 0.29) is 17.8 Å². The topological polar surface area (TPSA) is 77.5 Å². The van der Waals surface area contributed by atoms with Crippen LogP contribution in [0.3, 0.4) is 0 Å². The molecule has 0 spiro atoms. The van der Waals surface area contributed by atoms with Gasteiger partial charge in [-0.1, -0.05) is 58.4 Å². The van der Waals surface area contributed by atoms with Gasteiger partial charge in [0.1, 0.15) is 11.4 Å². The summed E-state index contributed by atoms with van der Waals surface area (Å²) in [5.74, 6) is 0.408. The Morgan fingerprint density at radius 3 is 2.36 bits per heavy atom. The van der Waals surface area contributed by atoms with Gasteiger partial charge < -0.3 is 14.8 Å². The molecule has 1 aromatic heterocycles. The number of pyridine rings is 1. The zero-order valence-electron chi connectivity index (χ0n) is 26.0. The minimum atomic E-state index is -0.585. The number of rotatable bonds is 6. The first-order chi connectivity index (χ1) is 20.9. The van der Waals surface area contributed by atoms with Crippen LogP contribution in [-0.2, 0) is 9.53 Å². The molecule has 1 unspecified atom stereocenters. The molecule has 1 heterocycles. The first-order valence-electron chi connectivity index (χ1n) is 15.3. The highest BCUT2D eigenvalue weighted by atomic mass is 79.9. The third-order valence-corrected chi connectivity index (χ3v) is 10.0. The molecule has 44 heavy (non-hydrogen) atoms. The minimum absolute atomic E-state index is 0.0923. The van der Waals surface area contributed by atoms with Crippen molar-refractivity contribution >= 4 is 38.7 Å². The summed E-state index contributed by atoms with van der Waals surface area (Å²) in [6.45, 7) is 7.74. The molecular weight excluding hydrogens is 616 g/mol. The van der Waals surface area contributed by atoms with Crippen LogP contribution in [0.2, 0.25) is 0 Å². The zero-order valence-corrected chi connectivity index (χ0v) is 27.6. The maximum absolute atomic E-state index is 14.7. The summed E-state index contributed by atoms with van der Waals surface area (Å²) in [4.78, 5) is 33.3. The second-order valence-corrected chi connectivity index (χ2v) is 14.3. The molecule has 228 valence electrons. The summed E-state index contributed by atoms with van der Waals surface area (Å²) < 4.78 is 12.5. The number of amides is 1. The lowest BCUT2D eigenvalue weighted by Crippen LogP contribution is -2.62. The molecule has 0 saturated heterocycles. The molecule has 0 radical (unpaired) electrons. The zero-order chi connectivity index (χ0) is 31.3. The molecule has 3 aromatic carbocycles. The predicted octanol–water partition coefficient (Wildman–Crippen LogP) is 8.54. The van der Waals surface area contributed by atoms with E-state index in [0.29, 0.717) is 37.7 Å². The highest BCUT2D eigenvalue weighted by Crippen LogP contribution is 2.59. The Bertz CT molecular complexity index is 1740. The quantitative estimate of drug-likeness (QED) is 0.211. The van der Waals surface area contributed by atoms with Gasteiger partial charge in [0.05, 0.1) is 29.3 Å². The molecule has 1 N–H and O–H groups in total. The fourth-order valence-electron chi connectivity index (χ4n) is 7.28. The fourth-order valence-corrected chi connectivity index (χ4v) is 7.64. The van der Waals surface area contributed by atoms with E-state index in [9.17, 15) is 9.59 Å². The lowest BCUT2D eigenvalue weighted by Gasteiger charge is -2.57. The molecule has 1 atom stereocenters. The van der Waals surface area contributed by atoms with Gasteiger partial charge in [0.25, 0.3) is 5.91 Å². The average molecular weight is 656 g/mol. The Morgan fingerprint density at radius 1 is 0.955 bits per heavy atom. The van der Waals surface area contributed by atoms with E-state index in [1.165, 1.54) is 0 Å². The molecule has 6 nitrogen and oxygen atoms in total. The van der Waals surface area contributed by atoms with Crippen LogP contribution in [0.1, 0.15) is 80.3 Å². The van der Waals surface area contributed by atoms with Crippen molar-refractivity contribution in [2.75, 3.05) is 7.11 Å². The van der Waals surface area contributed by atoms with Gasteiger partial charge in [-0.25, -0.2) is 4.98 Å². The van der Waals surface area contributed by atoms with E-state index in [1.807, 2.05) is 94.4 Å². The number of nitrogens with one attached hydrogen (secondary N) is 1. The predicted molar refractivity (Wildman–Crippen MR) is 177 cm³/mol. The summed E-state index contributed by atoms with van der Waals surface area (Å²) in [6, 6.07) is 23.9. The smallest absolute Gasteiger partial charge is 0.312 e. The number of nitrogens with zero attached hydrogens (tertiary/aromatic N) is 1. The van der Waals surface area contributed by atoms with Crippen molar-refractivity contribution in [2.24, 2.45) is 5.41 Å². The van der Waals surface area contributed by atoms with Crippen LogP contribution in [0.25, 0.3) is 22.2 Å². The van der Waals surface area contributed by atoms with Gasteiger partial charge >= 0.3 is 5.97 Å². The maximum atomic E-state index is 14.7. The molecule has 1 amide bonds. The Labute approximate surface area is 267 Å². The number of ether oxygens (including phenoxy) is 2. The van der Waals surface area contributed by atoms with E-state index in [0.717, 1.165) is 43.5 Å². The molecule has 4 aromatic rings. The van der Waals surface area contributed by atoms with E-state index in [1.54, 1.807) is 7.11 Å². The van der Waals surface area contributed by atoms with Crippen LogP contribution in [0, 0.1) is 12.3 Å². The van der Waals surface area contributed by atoms with E-state index in [2.05, 4.69) is 27.3 Å². The summed E-state index contributed by atoms with van der Waals surface area (Å²) in [5.41, 5.74) is 3.36. The number of hydrogen-bond donors (Lipinski definition) is 1. The molecule has 3 aliphatic carbocycles. The first kappa shape index (κ1) is 30.3. The van der Waals surface area contributed by atoms with Gasteiger partial charge in [-0.15, -0.1) is 0 Å². The summed E-state index contributed by atoms with van der Waals surface area (Å²) in [5, 5.41) is 4.39. The van der Waals surface area contributed by atoms with Gasteiger partial charge in [-0.2, -0.15) is 0 Å². The lowest BCUT2D eigenvalue weighted by atomic mass is 9.51. The third kappa shape index (κ3) is 5.51. The number of aromatic nitrogens is 1. The summed E-state index contributed by atoms with van der Waals surface area (Å²) in [7, 11) is 1.66. The second kappa shape index (κ2) is 11.3. The highest BCUT2D eigenvalue weighted by Gasteiger charge is 2.59. The Hall–Kier alpha value is -3.71. The number of carbonyl (C=O) groups is 2. The monoisotopic (exact) mass is 654 g/mol. The van der Waals surface area contributed by atoms with Gasteiger partial charge in [-0.05, 0) is 101 Å². The fraction of sp³-hybridized carbons (Fsp3) is 0.378. The van der Waals surface area contributed by atoms with Crippen LogP contribution >= 0.6 is 15.9 Å². The van der Waals surface area contributed by atoms with Crippen molar-refractivity contribution in [3.05, 3.63) is 94.0 Å². The highest BCUT2D eigenvalue weighted by molar-refractivity contribution is 9.10. The Balaban J connectivity index is 1.44. The standard InChI is InChI=1S/C37H39BrN2O4/c1-23-31(28-21-26(38)14-15-30(28)39-32(23)24-10-7-6-8-11-24)33(41)40-37-18-16-36(17-19-37,34(42)44-35(2,3)4)22-29(37)25-12-9-13-27(20-25)43-5/h6-15,20-21,29H,16-19,22H2,1-5H3,(H,40,41). The second-order valence-electron chi connectivity index (χ2n) is 13.4. The van der Waals surface area contributed by atoms with Crippen LogP contribution in [0.15, 0.2) is 77.3 Å². The SMILES string of the molecule is COc1cccc(C2CC3(C(=O)OC(C)(C)C)CCC2(NC(=O)c2c(C)c(-c4ccccc4)nc4ccc(Br)cc24)CC3)c1.